The Labute approximate surface area is 264 Å². The van der Waals surface area contributed by atoms with E-state index in [1.165, 1.54) is 5.56 Å². The predicted molar refractivity (Wildman–Crippen MR) is 174 cm³/mol. The lowest BCUT2D eigenvalue weighted by Gasteiger charge is -2.34. The highest BCUT2D eigenvalue weighted by Gasteiger charge is 2.27. The lowest BCUT2D eigenvalue weighted by atomic mass is 9.91. The van der Waals surface area contributed by atoms with E-state index in [4.69, 9.17) is 19.8 Å². The summed E-state index contributed by atoms with van der Waals surface area (Å²) in [5.41, 5.74) is 9.89. The van der Waals surface area contributed by atoms with Crippen LogP contribution >= 0.6 is 0 Å². The van der Waals surface area contributed by atoms with Crippen LogP contribution in [0.15, 0.2) is 55.1 Å². The van der Waals surface area contributed by atoms with Crippen LogP contribution in [0.25, 0.3) is 33.6 Å². The third-order valence-electron chi connectivity index (χ3n) is 9.11. The fourth-order valence-corrected chi connectivity index (χ4v) is 6.51. The van der Waals surface area contributed by atoms with Crippen molar-refractivity contribution in [2.75, 3.05) is 53.0 Å². The molecule has 0 unspecified atom stereocenters. The zero-order valence-electron chi connectivity index (χ0n) is 26.6. The smallest absolute Gasteiger partial charge is 0.134 e. The van der Waals surface area contributed by atoms with Gasteiger partial charge in [-0.25, -0.2) is 9.97 Å². The standard InChI is InChI=1S/C34H42N10O/c1-4-43-12-11-29(38-43)21-31-35-22-27-9-10-30-32(33(27)37-31)34(40(2)39-30)26-7-5-25(6-8-26)28-23-36-44(24-28)18-17-41-13-15-42(16-14-41)19-20-45-3/h5-8,11-12,22-24H,4,9-10,13-21H2,1-3H3. The maximum Gasteiger partial charge on any atom is 0.134 e. The maximum atomic E-state index is 5.23. The minimum atomic E-state index is 0.610. The minimum Gasteiger partial charge on any atom is -0.383 e. The summed E-state index contributed by atoms with van der Waals surface area (Å²) in [4.78, 5) is 14.8. The molecule has 0 spiro atoms. The fourth-order valence-electron chi connectivity index (χ4n) is 6.51. The number of piperazine rings is 1. The molecule has 234 valence electrons. The highest BCUT2D eigenvalue weighted by atomic mass is 16.5. The van der Waals surface area contributed by atoms with Crippen molar-refractivity contribution in [1.82, 2.24) is 49.1 Å². The van der Waals surface area contributed by atoms with Crippen LogP contribution in [-0.4, -0.2) is 102 Å². The first-order valence-electron chi connectivity index (χ1n) is 16.1. The fraction of sp³-hybridized carbons (Fsp3) is 0.441. The molecule has 0 radical (unpaired) electrons. The van der Waals surface area contributed by atoms with Crippen molar-refractivity contribution in [2.45, 2.75) is 39.3 Å². The van der Waals surface area contributed by atoms with Gasteiger partial charge in [0.25, 0.3) is 0 Å². The Hall–Kier alpha value is -4.19. The number of ether oxygens (including phenoxy) is 1. The van der Waals surface area contributed by atoms with Crippen molar-refractivity contribution in [1.29, 1.82) is 0 Å². The summed E-state index contributed by atoms with van der Waals surface area (Å²) in [6.45, 7) is 11.1. The zero-order chi connectivity index (χ0) is 30.8. The molecule has 1 aliphatic carbocycles. The van der Waals surface area contributed by atoms with Crippen LogP contribution in [0, 0.1) is 0 Å². The Balaban J connectivity index is 1.05. The lowest BCUT2D eigenvalue weighted by Crippen LogP contribution is -2.47. The van der Waals surface area contributed by atoms with E-state index < -0.39 is 0 Å². The molecule has 1 aliphatic heterocycles. The Morgan fingerprint density at radius 2 is 1.60 bits per heavy atom. The average Bonchev–Trinajstić information content (AvgIpc) is 3.82. The van der Waals surface area contributed by atoms with Gasteiger partial charge in [0.2, 0.25) is 0 Å². The summed E-state index contributed by atoms with van der Waals surface area (Å²) >= 11 is 0. The number of hydrogen-bond acceptors (Lipinski definition) is 8. The first-order chi connectivity index (χ1) is 22.1. The number of rotatable bonds is 11. The normalized spacial score (nSPS) is 15.4. The van der Waals surface area contributed by atoms with Crippen LogP contribution in [0.5, 0.6) is 0 Å². The number of hydrogen-bond donors (Lipinski definition) is 0. The Morgan fingerprint density at radius 3 is 2.36 bits per heavy atom. The molecule has 0 bridgehead atoms. The Bertz CT molecular complexity index is 1740. The molecule has 2 aliphatic rings. The quantitative estimate of drug-likeness (QED) is 0.225. The number of methoxy groups -OCH3 is 1. The molecule has 7 rings (SSSR count). The highest BCUT2D eigenvalue weighted by molar-refractivity contribution is 5.84. The molecule has 0 saturated carbocycles. The first kappa shape index (κ1) is 29.5. The molecule has 4 aromatic heterocycles. The Morgan fingerprint density at radius 1 is 0.822 bits per heavy atom. The van der Waals surface area contributed by atoms with Gasteiger partial charge in [0.05, 0.1) is 48.5 Å². The van der Waals surface area contributed by atoms with E-state index in [0.29, 0.717) is 6.42 Å². The number of nitrogens with zero attached hydrogens (tertiary/aromatic N) is 10. The number of aromatic nitrogens is 8. The zero-order valence-corrected chi connectivity index (χ0v) is 26.6. The van der Waals surface area contributed by atoms with Gasteiger partial charge >= 0.3 is 0 Å². The summed E-state index contributed by atoms with van der Waals surface area (Å²) < 4.78 is 11.2. The minimum absolute atomic E-state index is 0.610. The average molecular weight is 607 g/mol. The van der Waals surface area contributed by atoms with Gasteiger partial charge in [0.15, 0.2) is 0 Å². The van der Waals surface area contributed by atoms with Gasteiger partial charge in [-0.05, 0) is 37.0 Å². The van der Waals surface area contributed by atoms with E-state index in [9.17, 15) is 0 Å². The number of fused-ring (bicyclic) bond motifs is 3. The maximum absolute atomic E-state index is 5.23. The van der Waals surface area contributed by atoms with Crippen LogP contribution in [-0.2, 0) is 44.1 Å². The van der Waals surface area contributed by atoms with Gasteiger partial charge in [0.1, 0.15) is 5.82 Å². The van der Waals surface area contributed by atoms with Crippen molar-refractivity contribution < 1.29 is 4.74 Å². The Kier molecular flexibility index (Phi) is 8.55. The van der Waals surface area contributed by atoms with Crippen molar-refractivity contribution >= 4 is 0 Å². The molecule has 11 nitrogen and oxygen atoms in total. The second kappa shape index (κ2) is 13.0. The largest absolute Gasteiger partial charge is 0.383 e. The molecule has 5 heterocycles. The monoisotopic (exact) mass is 606 g/mol. The SMILES string of the molecule is CCn1ccc(Cc2ncc3c(n2)-c2c(nn(C)c2-c2ccc(-c4cnn(CCN5CCN(CCOC)CC5)c4)cc2)CC3)n1. The van der Waals surface area contributed by atoms with Gasteiger partial charge in [-0.3, -0.25) is 23.8 Å². The first-order valence-corrected chi connectivity index (χ1v) is 16.1. The van der Waals surface area contributed by atoms with Gasteiger partial charge in [-0.15, -0.1) is 0 Å². The molecular weight excluding hydrogens is 564 g/mol. The predicted octanol–water partition coefficient (Wildman–Crippen LogP) is 3.58. The van der Waals surface area contributed by atoms with Gasteiger partial charge < -0.3 is 4.74 Å². The van der Waals surface area contributed by atoms with E-state index in [1.54, 1.807) is 7.11 Å². The van der Waals surface area contributed by atoms with Crippen LogP contribution in [0.4, 0.5) is 0 Å². The molecule has 0 atom stereocenters. The third-order valence-corrected chi connectivity index (χ3v) is 9.11. The van der Waals surface area contributed by atoms with Crippen LogP contribution in [0.1, 0.15) is 29.7 Å². The molecular formula is C34H42N10O. The van der Waals surface area contributed by atoms with Crippen LogP contribution < -0.4 is 0 Å². The summed E-state index contributed by atoms with van der Waals surface area (Å²) in [5.74, 6) is 0.787. The molecule has 1 fully saturated rings. The molecule has 1 aromatic carbocycles. The summed E-state index contributed by atoms with van der Waals surface area (Å²) in [5, 5.41) is 14.2. The second-order valence-electron chi connectivity index (χ2n) is 12.0. The van der Waals surface area contributed by atoms with E-state index in [-0.39, 0.29) is 0 Å². The van der Waals surface area contributed by atoms with E-state index in [1.807, 2.05) is 41.1 Å². The van der Waals surface area contributed by atoms with Gasteiger partial charge in [-0.1, -0.05) is 24.3 Å². The van der Waals surface area contributed by atoms with Crippen molar-refractivity contribution in [3.05, 3.63) is 77.9 Å². The van der Waals surface area contributed by atoms with Gasteiger partial charge in [0, 0.05) is 95.3 Å². The summed E-state index contributed by atoms with van der Waals surface area (Å²) in [6, 6.07) is 10.8. The van der Waals surface area contributed by atoms with Crippen LogP contribution in [0.3, 0.4) is 0 Å². The molecule has 5 aromatic rings. The van der Waals surface area contributed by atoms with Crippen molar-refractivity contribution in [2.24, 2.45) is 7.05 Å². The number of benzene rings is 1. The lowest BCUT2D eigenvalue weighted by molar-refractivity contribution is 0.0948. The van der Waals surface area contributed by atoms with Crippen molar-refractivity contribution in [3.63, 3.8) is 0 Å². The van der Waals surface area contributed by atoms with E-state index in [2.05, 4.69) is 62.1 Å². The third kappa shape index (κ3) is 6.33. The van der Waals surface area contributed by atoms with E-state index in [0.717, 1.165) is 123 Å². The molecule has 45 heavy (non-hydrogen) atoms. The molecule has 0 amide bonds. The highest BCUT2D eigenvalue weighted by Crippen LogP contribution is 2.39. The van der Waals surface area contributed by atoms with Crippen molar-refractivity contribution in [3.8, 4) is 33.6 Å². The van der Waals surface area contributed by atoms with Crippen LogP contribution in [0.2, 0.25) is 0 Å². The van der Waals surface area contributed by atoms with Gasteiger partial charge in [-0.2, -0.15) is 15.3 Å². The number of aryl methyl sites for hydroxylation is 4. The topological polar surface area (TPSA) is 94.9 Å². The summed E-state index contributed by atoms with van der Waals surface area (Å²) in [6.07, 6.45) is 10.5. The molecule has 11 heteroatoms. The molecule has 0 N–H and O–H groups in total. The second-order valence-corrected chi connectivity index (χ2v) is 12.0. The molecule has 1 saturated heterocycles. The summed E-state index contributed by atoms with van der Waals surface area (Å²) in [7, 11) is 3.80. The van der Waals surface area contributed by atoms with E-state index >= 15 is 0 Å².